The third-order valence-electron chi connectivity index (χ3n) is 4.67. The molecule has 0 unspecified atom stereocenters. The van der Waals surface area contributed by atoms with Crippen LogP contribution in [0.15, 0.2) is 24.3 Å². The van der Waals surface area contributed by atoms with Crippen molar-refractivity contribution in [1.29, 1.82) is 0 Å². The van der Waals surface area contributed by atoms with Crippen LogP contribution in [0, 0.1) is 11.8 Å². The second-order valence-corrected chi connectivity index (χ2v) is 7.19. The van der Waals surface area contributed by atoms with Gasteiger partial charge in [-0.05, 0) is 42.9 Å². The lowest BCUT2D eigenvalue weighted by atomic mass is 9.88. The summed E-state index contributed by atoms with van der Waals surface area (Å²) in [6, 6.07) is 7.48. The quantitative estimate of drug-likeness (QED) is 0.801. The zero-order chi connectivity index (χ0) is 17.4. The summed E-state index contributed by atoms with van der Waals surface area (Å²) in [5.41, 5.74) is 1.69. The molecule has 24 heavy (non-hydrogen) atoms. The molecule has 1 aromatic rings. The van der Waals surface area contributed by atoms with Gasteiger partial charge in [0.2, 0.25) is 5.91 Å². The Morgan fingerprint density at radius 3 is 2.33 bits per heavy atom. The monoisotopic (exact) mass is 330 g/mol. The predicted molar refractivity (Wildman–Crippen MR) is 96.7 cm³/mol. The third-order valence-corrected chi connectivity index (χ3v) is 4.67. The number of amides is 2. The molecule has 0 aromatic heterocycles. The Hall–Kier alpha value is -1.84. The van der Waals surface area contributed by atoms with Crippen molar-refractivity contribution in [3.05, 3.63) is 35.4 Å². The van der Waals surface area contributed by atoms with Crippen LogP contribution < -0.4 is 10.6 Å². The Labute approximate surface area is 145 Å². The van der Waals surface area contributed by atoms with Gasteiger partial charge in [0.15, 0.2) is 0 Å². The highest BCUT2D eigenvalue weighted by Gasteiger charge is 2.20. The van der Waals surface area contributed by atoms with Gasteiger partial charge in [-0.15, -0.1) is 0 Å². The highest BCUT2D eigenvalue weighted by Crippen LogP contribution is 2.23. The van der Waals surface area contributed by atoms with Gasteiger partial charge in [-0.25, -0.2) is 0 Å². The fourth-order valence-electron chi connectivity index (χ4n) is 3.05. The number of carbonyl (C=O) groups excluding carboxylic acids is 2. The third kappa shape index (κ3) is 5.99. The van der Waals surface area contributed by atoms with Crippen LogP contribution in [-0.2, 0) is 11.3 Å². The van der Waals surface area contributed by atoms with Crippen LogP contribution in [0.25, 0.3) is 0 Å². The van der Waals surface area contributed by atoms with Crippen molar-refractivity contribution in [2.75, 3.05) is 6.54 Å². The molecular formula is C20H30N2O2. The fraction of sp³-hybridized carbons (Fsp3) is 0.600. The lowest BCUT2D eigenvalue weighted by Crippen LogP contribution is -2.31. The average Bonchev–Trinajstić information content (AvgIpc) is 2.60. The molecule has 0 aliphatic heterocycles. The Balaban J connectivity index is 1.76. The maximum Gasteiger partial charge on any atom is 0.251 e. The number of rotatable bonds is 7. The molecule has 2 rings (SSSR count). The van der Waals surface area contributed by atoms with E-state index in [-0.39, 0.29) is 17.7 Å². The molecular weight excluding hydrogens is 300 g/mol. The first kappa shape index (κ1) is 18.5. The molecule has 0 heterocycles. The van der Waals surface area contributed by atoms with E-state index in [1.807, 2.05) is 24.3 Å². The summed E-state index contributed by atoms with van der Waals surface area (Å²) in [4.78, 5) is 24.2. The maximum atomic E-state index is 12.1. The van der Waals surface area contributed by atoms with Crippen LogP contribution in [-0.4, -0.2) is 18.4 Å². The molecule has 1 aromatic carbocycles. The van der Waals surface area contributed by atoms with Gasteiger partial charge < -0.3 is 10.6 Å². The Kier molecular flexibility index (Phi) is 7.29. The predicted octanol–water partition coefficient (Wildman–Crippen LogP) is 3.66. The average molecular weight is 330 g/mol. The van der Waals surface area contributed by atoms with E-state index in [2.05, 4.69) is 24.5 Å². The molecule has 2 N–H and O–H groups in total. The molecule has 2 amide bonds. The van der Waals surface area contributed by atoms with Crippen molar-refractivity contribution in [2.45, 2.75) is 58.9 Å². The first-order valence-corrected chi connectivity index (χ1v) is 9.21. The van der Waals surface area contributed by atoms with Gasteiger partial charge in [0.25, 0.3) is 5.91 Å². The number of nitrogens with one attached hydrogen (secondary N) is 2. The van der Waals surface area contributed by atoms with Crippen molar-refractivity contribution in [3.8, 4) is 0 Å². The standard InChI is InChI=1S/C20H30N2O2/c1-15(2)12-13-21-19(23)18-10-8-16(9-11-18)14-22-20(24)17-6-4-3-5-7-17/h8-11,15,17H,3-7,12-14H2,1-2H3,(H,21,23)(H,22,24). The zero-order valence-corrected chi connectivity index (χ0v) is 14.9. The largest absolute Gasteiger partial charge is 0.352 e. The molecule has 4 heteroatoms. The van der Waals surface area contributed by atoms with Gasteiger partial charge in [0.1, 0.15) is 0 Å². The summed E-state index contributed by atoms with van der Waals surface area (Å²) in [7, 11) is 0. The minimum absolute atomic E-state index is 0.0339. The molecule has 0 atom stereocenters. The fourth-order valence-corrected chi connectivity index (χ4v) is 3.05. The van der Waals surface area contributed by atoms with Gasteiger partial charge in [-0.3, -0.25) is 9.59 Å². The zero-order valence-electron chi connectivity index (χ0n) is 14.9. The number of benzene rings is 1. The topological polar surface area (TPSA) is 58.2 Å². The first-order valence-electron chi connectivity index (χ1n) is 9.21. The Morgan fingerprint density at radius 1 is 1.04 bits per heavy atom. The molecule has 0 saturated heterocycles. The highest BCUT2D eigenvalue weighted by atomic mass is 16.2. The van der Waals surface area contributed by atoms with E-state index in [0.717, 1.165) is 24.8 Å². The molecule has 1 aliphatic carbocycles. The summed E-state index contributed by atoms with van der Waals surface area (Å²) in [6.07, 6.45) is 6.60. The summed E-state index contributed by atoms with van der Waals surface area (Å²) < 4.78 is 0. The summed E-state index contributed by atoms with van der Waals surface area (Å²) in [6.45, 7) is 5.52. The smallest absolute Gasteiger partial charge is 0.251 e. The van der Waals surface area contributed by atoms with Crippen LogP contribution in [0.3, 0.4) is 0 Å². The van der Waals surface area contributed by atoms with Gasteiger partial charge in [0.05, 0.1) is 0 Å². The van der Waals surface area contributed by atoms with E-state index in [0.29, 0.717) is 24.6 Å². The summed E-state index contributed by atoms with van der Waals surface area (Å²) >= 11 is 0. The van der Waals surface area contributed by atoms with Crippen LogP contribution in [0.5, 0.6) is 0 Å². The van der Waals surface area contributed by atoms with Crippen molar-refractivity contribution < 1.29 is 9.59 Å². The molecule has 4 nitrogen and oxygen atoms in total. The van der Waals surface area contributed by atoms with Crippen LogP contribution in [0.4, 0.5) is 0 Å². The van der Waals surface area contributed by atoms with Gasteiger partial charge in [-0.2, -0.15) is 0 Å². The maximum absolute atomic E-state index is 12.1. The van der Waals surface area contributed by atoms with Gasteiger partial charge >= 0.3 is 0 Å². The molecule has 132 valence electrons. The normalized spacial score (nSPS) is 15.3. The molecule has 0 spiro atoms. The lowest BCUT2D eigenvalue weighted by Gasteiger charge is -2.20. The van der Waals surface area contributed by atoms with E-state index in [1.54, 1.807) is 0 Å². The first-order chi connectivity index (χ1) is 11.6. The van der Waals surface area contributed by atoms with Crippen molar-refractivity contribution in [2.24, 2.45) is 11.8 Å². The number of hydrogen-bond acceptors (Lipinski definition) is 2. The minimum Gasteiger partial charge on any atom is -0.352 e. The molecule has 1 aliphatic rings. The number of hydrogen-bond donors (Lipinski definition) is 2. The lowest BCUT2D eigenvalue weighted by molar-refractivity contribution is -0.126. The van der Waals surface area contributed by atoms with Crippen molar-refractivity contribution in [1.82, 2.24) is 10.6 Å². The highest BCUT2D eigenvalue weighted by molar-refractivity contribution is 5.94. The second-order valence-electron chi connectivity index (χ2n) is 7.19. The Bertz CT molecular complexity index is 531. The van der Waals surface area contributed by atoms with Crippen LogP contribution in [0.1, 0.15) is 68.3 Å². The van der Waals surface area contributed by atoms with Crippen LogP contribution in [0.2, 0.25) is 0 Å². The van der Waals surface area contributed by atoms with E-state index in [4.69, 9.17) is 0 Å². The molecule has 1 fully saturated rings. The second kappa shape index (κ2) is 9.45. The molecule has 0 radical (unpaired) electrons. The van der Waals surface area contributed by atoms with Crippen molar-refractivity contribution >= 4 is 11.8 Å². The minimum atomic E-state index is -0.0339. The van der Waals surface area contributed by atoms with E-state index >= 15 is 0 Å². The summed E-state index contributed by atoms with van der Waals surface area (Å²) in [5, 5.41) is 5.96. The van der Waals surface area contributed by atoms with E-state index in [9.17, 15) is 9.59 Å². The van der Waals surface area contributed by atoms with Gasteiger partial charge in [0, 0.05) is 24.6 Å². The van der Waals surface area contributed by atoms with Crippen LogP contribution >= 0.6 is 0 Å². The van der Waals surface area contributed by atoms with E-state index < -0.39 is 0 Å². The molecule has 0 bridgehead atoms. The molecule has 1 saturated carbocycles. The SMILES string of the molecule is CC(C)CCNC(=O)c1ccc(CNC(=O)C2CCCCC2)cc1. The number of carbonyl (C=O) groups is 2. The summed E-state index contributed by atoms with van der Waals surface area (Å²) in [5.74, 6) is 0.906. The Morgan fingerprint density at radius 2 is 1.71 bits per heavy atom. The van der Waals surface area contributed by atoms with Crippen molar-refractivity contribution in [3.63, 3.8) is 0 Å². The van der Waals surface area contributed by atoms with Gasteiger partial charge in [-0.1, -0.05) is 45.2 Å². The van der Waals surface area contributed by atoms with E-state index in [1.165, 1.54) is 19.3 Å².